The average Bonchev–Trinajstić information content (AvgIpc) is 2.95. The highest BCUT2D eigenvalue weighted by Crippen LogP contribution is 2.49. The van der Waals surface area contributed by atoms with Crippen molar-refractivity contribution < 1.29 is 33.3 Å². The molecule has 0 fully saturated rings. The molecule has 4 rings (SSSR count). The molecule has 1 unspecified atom stereocenters. The zero-order valence-electron chi connectivity index (χ0n) is 23.8. The normalized spacial score (nSPS) is 18.0. The van der Waals surface area contributed by atoms with E-state index in [0.29, 0.717) is 29.0 Å². The van der Waals surface area contributed by atoms with Gasteiger partial charge in [0.25, 0.3) is 0 Å². The summed E-state index contributed by atoms with van der Waals surface area (Å²) < 4.78 is 22.4. The van der Waals surface area contributed by atoms with Crippen LogP contribution in [0.1, 0.15) is 55.5 Å². The number of methoxy groups -OCH3 is 1. The van der Waals surface area contributed by atoms with Crippen molar-refractivity contribution in [2.75, 3.05) is 7.11 Å². The topological polar surface area (TPSA) is 126 Å². The molecule has 3 N–H and O–H groups in total. The van der Waals surface area contributed by atoms with Crippen molar-refractivity contribution in [3.05, 3.63) is 95.1 Å². The lowest BCUT2D eigenvalue weighted by Crippen LogP contribution is -2.53. The van der Waals surface area contributed by atoms with E-state index in [9.17, 15) is 14.4 Å². The fourth-order valence-electron chi connectivity index (χ4n) is 4.89. The number of fused-ring (bicyclic) bond motifs is 1. The molecule has 0 saturated carbocycles. The molecule has 41 heavy (non-hydrogen) atoms. The maximum atomic E-state index is 13.5. The standard InChI is InChI=1S/C32H36N2O7/c1-31(2,3)41-29(36)32(28(35)38-4)18-17-22-14-10-16-25(26(22)27(32)33)40-24-15-9-8-13-23(24)19-34-30(37)39-20-21-11-6-5-7-12-21/h5-16,27H,17-20,33H2,1-4H3,(H,34,37)/t27-,32?/m1/s1. The van der Waals surface area contributed by atoms with Crippen LogP contribution in [0.4, 0.5) is 4.79 Å². The Morgan fingerprint density at radius 2 is 1.61 bits per heavy atom. The highest BCUT2D eigenvalue weighted by molar-refractivity contribution is 6.02. The lowest BCUT2D eigenvalue weighted by atomic mass is 9.67. The third-order valence-corrected chi connectivity index (χ3v) is 6.93. The molecule has 0 saturated heterocycles. The van der Waals surface area contributed by atoms with Crippen LogP contribution >= 0.6 is 0 Å². The van der Waals surface area contributed by atoms with Crippen LogP contribution in [0.2, 0.25) is 0 Å². The molecule has 0 heterocycles. The molecular formula is C32H36N2O7. The second-order valence-corrected chi connectivity index (χ2v) is 10.9. The first-order valence-corrected chi connectivity index (χ1v) is 13.4. The van der Waals surface area contributed by atoms with E-state index in [1.54, 1.807) is 39.0 Å². The van der Waals surface area contributed by atoms with E-state index in [4.69, 9.17) is 24.7 Å². The summed E-state index contributed by atoms with van der Waals surface area (Å²) in [6, 6.07) is 21.0. The number of rotatable bonds is 8. The molecule has 0 aliphatic heterocycles. The number of aryl methyl sites for hydroxylation is 1. The Balaban J connectivity index is 1.57. The maximum Gasteiger partial charge on any atom is 0.407 e. The lowest BCUT2D eigenvalue weighted by Gasteiger charge is -2.40. The third-order valence-electron chi connectivity index (χ3n) is 6.93. The van der Waals surface area contributed by atoms with Gasteiger partial charge in [-0.05, 0) is 56.9 Å². The number of alkyl carbamates (subject to hydrolysis) is 1. The lowest BCUT2D eigenvalue weighted by molar-refractivity contribution is -0.181. The Bertz CT molecular complexity index is 1400. The highest BCUT2D eigenvalue weighted by atomic mass is 16.6. The molecule has 1 aliphatic rings. The Morgan fingerprint density at radius 3 is 2.32 bits per heavy atom. The van der Waals surface area contributed by atoms with Gasteiger partial charge >= 0.3 is 18.0 Å². The minimum Gasteiger partial charge on any atom is -0.468 e. The molecule has 9 nitrogen and oxygen atoms in total. The van der Waals surface area contributed by atoms with Crippen LogP contribution in [-0.2, 0) is 43.4 Å². The van der Waals surface area contributed by atoms with Crippen molar-refractivity contribution >= 4 is 18.0 Å². The van der Waals surface area contributed by atoms with Crippen molar-refractivity contribution in [3.63, 3.8) is 0 Å². The van der Waals surface area contributed by atoms with E-state index < -0.39 is 35.1 Å². The van der Waals surface area contributed by atoms with E-state index in [-0.39, 0.29) is 19.6 Å². The van der Waals surface area contributed by atoms with Gasteiger partial charge in [-0.3, -0.25) is 9.59 Å². The summed E-state index contributed by atoms with van der Waals surface area (Å²) in [6.07, 6.45) is -0.0361. The van der Waals surface area contributed by atoms with Crippen LogP contribution in [0.5, 0.6) is 11.5 Å². The third kappa shape index (κ3) is 6.69. The molecule has 2 atom stereocenters. The van der Waals surface area contributed by atoms with Crippen LogP contribution in [0.15, 0.2) is 72.8 Å². The molecule has 216 valence electrons. The molecule has 0 bridgehead atoms. The summed E-state index contributed by atoms with van der Waals surface area (Å²) >= 11 is 0. The summed E-state index contributed by atoms with van der Waals surface area (Å²) in [5.41, 5.74) is 7.13. The number of nitrogens with one attached hydrogen (secondary N) is 1. The molecule has 1 aliphatic carbocycles. The average molecular weight is 561 g/mol. The number of carbonyl (C=O) groups excluding carboxylic acids is 3. The Kier molecular flexibility index (Phi) is 8.98. The summed E-state index contributed by atoms with van der Waals surface area (Å²) in [5, 5.41) is 2.75. The number of nitrogens with two attached hydrogens (primary N) is 1. The van der Waals surface area contributed by atoms with Crippen molar-refractivity contribution in [1.29, 1.82) is 0 Å². The van der Waals surface area contributed by atoms with Gasteiger partial charge in [-0.25, -0.2) is 4.79 Å². The number of hydrogen-bond donors (Lipinski definition) is 2. The number of para-hydroxylation sites is 1. The largest absolute Gasteiger partial charge is 0.468 e. The minimum atomic E-state index is -1.74. The first-order chi connectivity index (χ1) is 19.5. The molecule has 0 spiro atoms. The highest BCUT2D eigenvalue weighted by Gasteiger charge is 2.57. The summed E-state index contributed by atoms with van der Waals surface area (Å²) in [6.45, 7) is 5.49. The number of ether oxygens (including phenoxy) is 4. The SMILES string of the molecule is COC(=O)C1(C(=O)OC(C)(C)C)CCc2cccc(Oc3ccccc3CNC(=O)OCc3ccccc3)c2[C@H]1N. The van der Waals surface area contributed by atoms with Gasteiger partial charge in [-0.1, -0.05) is 60.7 Å². The Labute approximate surface area is 239 Å². The van der Waals surface area contributed by atoms with E-state index >= 15 is 0 Å². The molecule has 3 aromatic rings. The Hall–Kier alpha value is -4.37. The van der Waals surface area contributed by atoms with Crippen molar-refractivity contribution in [3.8, 4) is 11.5 Å². The van der Waals surface area contributed by atoms with Crippen molar-refractivity contribution in [2.45, 2.75) is 58.4 Å². The number of amides is 1. The molecule has 0 radical (unpaired) electrons. The quantitative estimate of drug-likeness (QED) is 0.214. The predicted octanol–water partition coefficient (Wildman–Crippen LogP) is 5.35. The molecule has 9 heteroatoms. The van der Waals surface area contributed by atoms with Gasteiger partial charge in [0.2, 0.25) is 0 Å². The fraction of sp³-hybridized carbons (Fsp3) is 0.344. The maximum absolute atomic E-state index is 13.5. The molecule has 1 amide bonds. The first kappa shape index (κ1) is 29.6. The first-order valence-electron chi connectivity index (χ1n) is 13.4. The number of carbonyl (C=O) groups is 3. The monoisotopic (exact) mass is 560 g/mol. The van der Waals surface area contributed by atoms with Crippen LogP contribution in [0.3, 0.4) is 0 Å². The molecule has 0 aromatic heterocycles. The van der Waals surface area contributed by atoms with Crippen LogP contribution in [0, 0.1) is 5.41 Å². The zero-order valence-corrected chi connectivity index (χ0v) is 23.8. The van der Waals surface area contributed by atoms with Gasteiger partial charge in [-0.15, -0.1) is 0 Å². The van der Waals surface area contributed by atoms with Crippen LogP contribution in [0.25, 0.3) is 0 Å². The van der Waals surface area contributed by atoms with Crippen molar-refractivity contribution in [2.24, 2.45) is 11.1 Å². The summed E-state index contributed by atoms with van der Waals surface area (Å²) in [4.78, 5) is 39.0. The predicted molar refractivity (Wildman–Crippen MR) is 152 cm³/mol. The fourth-order valence-corrected chi connectivity index (χ4v) is 4.89. The zero-order chi connectivity index (χ0) is 29.6. The second kappa shape index (κ2) is 12.4. The number of esters is 2. The second-order valence-electron chi connectivity index (χ2n) is 10.9. The van der Waals surface area contributed by atoms with Crippen LogP contribution < -0.4 is 15.8 Å². The van der Waals surface area contributed by atoms with Crippen molar-refractivity contribution in [1.82, 2.24) is 5.32 Å². The van der Waals surface area contributed by atoms with Gasteiger partial charge in [0.15, 0.2) is 5.41 Å². The smallest absolute Gasteiger partial charge is 0.407 e. The van der Waals surface area contributed by atoms with E-state index in [0.717, 1.165) is 11.1 Å². The van der Waals surface area contributed by atoms with Gasteiger partial charge in [0.05, 0.1) is 13.2 Å². The van der Waals surface area contributed by atoms with Gasteiger partial charge in [-0.2, -0.15) is 0 Å². The Morgan fingerprint density at radius 1 is 0.927 bits per heavy atom. The van der Waals surface area contributed by atoms with E-state index in [1.807, 2.05) is 54.6 Å². The molecule has 3 aromatic carbocycles. The minimum absolute atomic E-state index is 0.137. The number of benzene rings is 3. The van der Waals surface area contributed by atoms with E-state index in [2.05, 4.69) is 5.32 Å². The summed E-state index contributed by atoms with van der Waals surface area (Å²) in [5.74, 6) is -0.615. The number of hydrogen-bond acceptors (Lipinski definition) is 8. The molecular weight excluding hydrogens is 524 g/mol. The van der Waals surface area contributed by atoms with E-state index in [1.165, 1.54) is 7.11 Å². The van der Waals surface area contributed by atoms with Gasteiger partial charge in [0.1, 0.15) is 23.7 Å². The van der Waals surface area contributed by atoms with Gasteiger partial charge in [0, 0.05) is 17.7 Å². The van der Waals surface area contributed by atoms with Crippen LogP contribution in [-0.4, -0.2) is 30.7 Å². The van der Waals surface area contributed by atoms with Gasteiger partial charge < -0.3 is 30.0 Å². The summed E-state index contributed by atoms with van der Waals surface area (Å²) in [7, 11) is 1.23.